The van der Waals surface area contributed by atoms with Crippen molar-refractivity contribution >= 4 is 12.3 Å². The molecule has 1 heterocycles. The smallest absolute Gasteiger partial charge is 0.225 e. The first-order chi connectivity index (χ1) is 14.7. The Morgan fingerprint density at radius 1 is 1.16 bits per heavy atom. The first kappa shape index (κ1) is 29.9. The number of methoxy groups -OCH3 is 2. The number of hydrogen-bond acceptors (Lipinski definition) is 4. The van der Waals surface area contributed by atoms with Crippen molar-refractivity contribution in [3.63, 3.8) is 0 Å². The zero-order valence-corrected chi connectivity index (χ0v) is 21.9. The lowest BCUT2D eigenvalue weighted by molar-refractivity contribution is -0.139. The van der Waals surface area contributed by atoms with Crippen molar-refractivity contribution in [1.29, 1.82) is 0 Å². The summed E-state index contributed by atoms with van der Waals surface area (Å²) in [4.78, 5) is 24.4. The van der Waals surface area contributed by atoms with Crippen molar-refractivity contribution in [3.8, 4) is 0 Å². The Bertz CT molecular complexity index is 508. The van der Waals surface area contributed by atoms with Crippen molar-refractivity contribution in [2.75, 3.05) is 27.8 Å². The van der Waals surface area contributed by atoms with Gasteiger partial charge in [0.15, 0.2) is 0 Å². The average Bonchev–Trinajstić information content (AvgIpc) is 3.43. The van der Waals surface area contributed by atoms with Gasteiger partial charge in [0, 0.05) is 27.8 Å². The number of carbonyl (C=O) groups is 2. The first-order valence-electron chi connectivity index (χ1n) is 12.2. The van der Waals surface area contributed by atoms with E-state index >= 15 is 0 Å². The Morgan fingerprint density at radius 3 is 2.06 bits per heavy atom. The number of likely N-dealkylation sites (tertiary alicyclic amines) is 1. The Labute approximate surface area is 191 Å². The fraction of sp³-hybridized carbons (Fsp3) is 0.920. The maximum Gasteiger partial charge on any atom is 0.225 e. The van der Waals surface area contributed by atoms with E-state index in [2.05, 4.69) is 44.8 Å². The fourth-order valence-electron chi connectivity index (χ4n) is 4.59. The molecule has 0 bridgehead atoms. The second kappa shape index (κ2) is 14.8. The molecule has 2 amide bonds. The molecular formula is C25H50N2O4. The van der Waals surface area contributed by atoms with Crippen LogP contribution in [0.4, 0.5) is 0 Å². The van der Waals surface area contributed by atoms with Crippen LogP contribution in [0, 0.1) is 23.2 Å². The van der Waals surface area contributed by atoms with Crippen LogP contribution in [-0.4, -0.2) is 63.3 Å². The molecule has 1 N–H and O–H groups in total. The number of ether oxygens (including phenoxy) is 2. The minimum atomic E-state index is -0.00102. The molecule has 184 valence electrons. The molecular weight excluding hydrogens is 392 g/mol. The molecule has 5 atom stereocenters. The van der Waals surface area contributed by atoms with E-state index in [9.17, 15) is 4.79 Å². The predicted octanol–water partition coefficient (Wildman–Crippen LogP) is 4.51. The highest BCUT2D eigenvalue weighted by molar-refractivity contribution is 5.77. The molecule has 0 aromatic heterocycles. The van der Waals surface area contributed by atoms with E-state index in [-0.39, 0.29) is 24.2 Å². The van der Waals surface area contributed by atoms with Gasteiger partial charge in [-0.1, -0.05) is 54.9 Å². The van der Waals surface area contributed by atoms with Gasteiger partial charge in [-0.3, -0.25) is 9.59 Å². The number of nitrogens with one attached hydrogen (secondary N) is 1. The summed E-state index contributed by atoms with van der Waals surface area (Å²) in [5, 5.41) is 2.25. The van der Waals surface area contributed by atoms with Crippen molar-refractivity contribution in [1.82, 2.24) is 10.2 Å². The molecule has 31 heavy (non-hydrogen) atoms. The summed E-state index contributed by atoms with van der Waals surface area (Å²) in [6.07, 6.45) is 5.98. The average molecular weight is 443 g/mol. The van der Waals surface area contributed by atoms with E-state index in [1.165, 1.54) is 12.8 Å². The van der Waals surface area contributed by atoms with Crippen molar-refractivity contribution in [2.24, 2.45) is 23.2 Å². The van der Waals surface area contributed by atoms with Gasteiger partial charge in [0.25, 0.3) is 0 Å². The third-order valence-electron chi connectivity index (χ3n) is 7.06. The van der Waals surface area contributed by atoms with Crippen LogP contribution in [0.1, 0.15) is 80.6 Å². The second-order valence-corrected chi connectivity index (χ2v) is 9.37. The maximum atomic E-state index is 13.2. The van der Waals surface area contributed by atoms with Crippen molar-refractivity contribution < 1.29 is 19.1 Å². The molecule has 2 aliphatic rings. The Kier molecular flexibility index (Phi) is 14.3. The largest absolute Gasteiger partial charge is 0.381 e. The van der Waals surface area contributed by atoms with Gasteiger partial charge in [-0.2, -0.15) is 0 Å². The third-order valence-corrected chi connectivity index (χ3v) is 7.06. The molecule has 1 aliphatic heterocycles. The van der Waals surface area contributed by atoms with Crippen LogP contribution in [-0.2, 0) is 19.1 Å². The fourth-order valence-corrected chi connectivity index (χ4v) is 4.59. The Hall–Kier alpha value is -1.14. The Balaban J connectivity index is 0.00000134. The molecule has 5 unspecified atom stereocenters. The molecule has 6 heteroatoms. The molecule has 6 nitrogen and oxygen atoms in total. The topological polar surface area (TPSA) is 67.9 Å². The summed E-state index contributed by atoms with van der Waals surface area (Å²) in [7, 11) is 5.09. The van der Waals surface area contributed by atoms with Gasteiger partial charge in [-0.25, -0.2) is 0 Å². The first-order valence-corrected chi connectivity index (χ1v) is 12.2. The van der Waals surface area contributed by atoms with Gasteiger partial charge in [0.2, 0.25) is 12.3 Å². The van der Waals surface area contributed by atoms with Gasteiger partial charge in [-0.05, 0) is 42.4 Å². The minimum absolute atomic E-state index is 0.00102. The lowest BCUT2D eigenvalue weighted by Crippen LogP contribution is -2.47. The highest BCUT2D eigenvalue weighted by atomic mass is 16.5. The minimum Gasteiger partial charge on any atom is -0.381 e. The van der Waals surface area contributed by atoms with E-state index in [1.807, 2.05) is 13.8 Å². The second-order valence-electron chi connectivity index (χ2n) is 9.37. The monoisotopic (exact) mass is 442 g/mol. The van der Waals surface area contributed by atoms with E-state index < -0.39 is 0 Å². The summed E-state index contributed by atoms with van der Waals surface area (Å²) < 4.78 is 11.5. The molecule has 2 fully saturated rings. The summed E-state index contributed by atoms with van der Waals surface area (Å²) in [6, 6.07) is 0.219. The number of carbonyl (C=O) groups excluding carboxylic acids is 2. The molecule has 1 saturated heterocycles. The van der Waals surface area contributed by atoms with Gasteiger partial charge >= 0.3 is 0 Å². The standard InChI is InChI=1S/C21H39NO3.C2H5NO.C2H6/c1-8-15(4)16(5)18(24-6)11-19(23)22-13-21(9-10-21)12-17(22)20(25-7)14(2)3;1-3-2-4;1-2/h14-18,20H,8-13H2,1-7H3;2H,1H3,(H,3,4);1-2H3. The van der Waals surface area contributed by atoms with Crippen LogP contribution in [0.5, 0.6) is 0 Å². The Morgan fingerprint density at radius 2 is 1.71 bits per heavy atom. The summed E-state index contributed by atoms with van der Waals surface area (Å²) in [5.41, 5.74) is 0.386. The molecule has 0 aromatic rings. The molecule has 0 aromatic carbocycles. The van der Waals surface area contributed by atoms with Gasteiger partial charge in [0.1, 0.15) is 0 Å². The van der Waals surface area contributed by atoms with Gasteiger partial charge < -0.3 is 19.7 Å². The van der Waals surface area contributed by atoms with Crippen LogP contribution in [0.25, 0.3) is 0 Å². The maximum absolute atomic E-state index is 13.2. The van der Waals surface area contributed by atoms with Crippen LogP contribution >= 0.6 is 0 Å². The zero-order chi connectivity index (χ0) is 24.2. The number of nitrogens with zero attached hydrogens (tertiary/aromatic N) is 1. The highest BCUT2D eigenvalue weighted by Crippen LogP contribution is 2.56. The molecule has 1 saturated carbocycles. The molecule has 1 spiro atoms. The van der Waals surface area contributed by atoms with Crippen molar-refractivity contribution in [3.05, 3.63) is 0 Å². The third kappa shape index (κ3) is 8.72. The van der Waals surface area contributed by atoms with Gasteiger partial charge in [-0.15, -0.1) is 0 Å². The van der Waals surface area contributed by atoms with Crippen LogP contribution in [0.2, 0.25) is 0 Å². The zero-order valence-electron chi connectivity index (χ0n) is 21.9. The number of amides is 2. The predicted molar refractivity (Wildman–Crippen MR) is 128 cm³/mol. The quantitative estimate of drug-likeness (QED) is 0.505. The van der Waals surface area contributed by atoms with Crippen LogP contribution in [0.15, 0.2) is 0 Å². The lowest BCUT2D eigenvalue weighted by Gasteiger charge is -2.35. The van der Waals surface area contributed by atoms with E-state index in [4.69, 9.17) is 14.3 Å². The number of hydrogen-bond donors (Lipinski definition) is 1. The van der Waals surface area contributed by atoms with E-state index in [0.29, 0.717) is 36.0 Å². The SMILES string of the molecule is CC.CCC(C)C(C)C(CC(=O)N1CC2(CC2)CC1C(OC)C(C)C)OC.CNC=O. The van der Waals surface area contributed by atoms with Gasteiger partial charge in [0.05, 0.1) is 24.7 Å². The van der Waals surface area contributed by atoms with E-state index in [1.54, 1.807) is 21.3 Å². The van der Waals surface area contributed by atoms with Crippen molar-refractivity contribution in [2.45, 2.75) is 98.8 Å². The van der Waals surface area contributed by atoms with E-state index in [0.717, 1.165) is 19.4 Å². The van der Waals surface area contributed by atoms with Crippen LogP contribution < -0.4 is 5.32 Å². The summed E-state index contributed by atoms with van der Waals surface area (Å²) >= 11 is 0. The number of rotatable bonds is 10. The summed E-state index contributed by atoms with van der Waals surface area (Å²) in [6.45, 7) is 16.0. The summed E-state index contributed by atoms with van der Waals surface area (Å²) in [5.74, 6) is 1.61. The van der Waals surface area contributed by atoms with Crippen LogP contribution in [0.3, 0.4) is 0 Å². The normalized spacial score (nSPS) is 22.4. The molecule has 1 aliphatic carbocycles. The highest BCUT2D eigenvalue weighted by Gasteiger charge is 2.55. The molecule has 0 radical (unpaired) electrons. The molecule has 2 rings (SSSR count). The lowest BCUT2D eigenvalue weighted by atomic mass is 9.87.